The molecule has 0 aliphatic heterocycles. The van der Waals surface area contributed by atoms with Gasteiger partial charge in [0.1, 0.15) is 10.7 Å². The van der Waals surface area contributed by atoms with Crippen LogP contribution in [0.1, 0.15) is 38.6 Å². The van der Waals surface area contributed by atoms with Crippen molar-refractivity contribution in [3.8, 4) is 6.01 Å². The van der Waals surface area contributed by atoms with E-state index in [1.165, 1.54) is 0 Å². The highest BCUT2D eigenvalue weighted by Gasteiger charge is 2.11. The number of thiocarbonyl (C=S) groups is 1. The Morgan fingerprint density at radius 3 is 2.59 bits per heavy atom. The fourth-order valence-electron chi connectivity index (χ4n) is 1.18. The summed E-state index contributed by atoms with van der Waals surface area (Å²) in [6.07, 6.45) is 0.937. The average molecular weight is 253 g/mol. The third-order valence-electron chi connectivity index (χ3n) is 2.17. The van der Waals surface area contributed by atoms with Crippen molar-refractivity contribution in [2.75, 3.05) is 6.61 Å². The van der Waals surface area contributed by atoms with Crippen molar-refractivity contribution in [1.82, 2.24) is 9.97 Å². The van der Waals surface area contributed by atoms with E-state index < -0.39 is 0 Å². The summed E-state index contributed by atoms with van der Waals surface area (Å²) >= 11 is 4.89. The van der Waals surface area contributed by atoms with Crippen LogP contribution in [0.3, 0.4) is 0 Å². The standard InChI is InChI=1S/C12H19N3OS/c1-8-7-9(10(13)17)15-11(14-8)16-6-5-12(2,3)4/h7H,5-6H2,1-4H3,(H2,13,17). The van der Waals surface area contributed by atoms with Gasteiger partial charge in [-0.2, -0.15) is 4.98 Å². The Balaban J connectivity index is 2.68. The minimum Gasteiger partial charge on any atom is -0.463 e. The molecule has 0 atom stereocenters. The monoisotopic (exact) mass is 253 g/mol. The van der Waals surface area contributed by atoms with E-state index in [9.17, 15) is 0 Å². The van der Waals surface area contributed by atoms with Gasteiger partial charge < -0.3 is 10.5 Å². The first-order valence-electron chi connectivity index (χ1n) is 5.56. The zero-order chi connectivity index (χ0) is 13.1. The number of ether oxygens (including phenoxy) is 1. The van der Waals surface area contributed by atoms with E-state index in [1.807, 2.05) is 6.92 Å². The van der Waals surface area contributed by atoms with Crippen LogP contribution in [0.25, 0.3) is 0 Å². The van der Waals surface area contributed by atoms with E-state index in [0.717, 1.165) is 12.1 Å². The fourth-order valence-corrected chi connectivity index (χ4v) is 1.29. The Kier molecular flexibility index (Phi) is 4.40. The maximum absolute atomic E-state index is 5.54. The summed E-state index contributed by atoms with van der Waals surface area (Å²) in [7, 11) is 0. The molecule has 4 nitrogen and oxygen atoms in total. The van der Waals surface area contributed by atoms with E-state index >= 15 is 0 Å². The Bertz CT molecular complexity index is 413. The molecule has 0 bridgehead atoms. The van der Waals surface area contributed by atoms with Gasteiger partial charge in [-0.05, 0) is 24.8 Å². The SMILES string of the molecule is Cc1cc(C(N)=S)nc(OCCC(C)(C)C)n1. The van der Waals surface area contributed by atoms with Gasteiger partial charge in [-0.15, -0.1) is 0 Å². The zero-order valence-electron chi connectivity index (χ0n) is 10.8. The number of nitrogens with two attached hydrogens (primary N) is 1. The van der Waals surface area contributed by atoms with Gasteiger partial charge in [0.05, 0.1) is 6.61 Å². The first kappa shape index (κ1) is 13.8. The summed E-state index contributed by atoms with van der Waals surface area (Å²) in [6.45, 7) is 8.93. The second-order valence-electron chi connectivity index (χ2n) is 5.20. The Labute approximate surface area is 108 Å². The van der Waals surface area contributed by atoms with Crippen LogP contribution in [0.4, 0.5) is 0 Å². The van der Waals surface area contributed by atoms with Gasteiger partial charge in [0.25, 0.3) is 0 Å². The maximum Gasteiger partial charge on any atom is 0.317 e. The van der Waals surface area contributed by atoms with E-state index in [1.54, 1.807) is 6.07 Å². The predicted molar refractivity (Wildman–Crippen MR) is 72.2 cm³/mol. The molecule has 0 amide bonds. The predicted octanol–water partition coefficient (Wildman–Crippen LogP) is 2.23. The highest BCUT2D eigenvalue weighted by Crippen LogP contribution is 2.18. The van der Waals surface area contributed by atoms with E-state index in [4.69, 9.17) is 22.7 Å². The number of hydrogen-bond acceptors (Lipinski definition) is 4. The summed E-state index contributed by atoms with van der Waals surface area (Å²) in [4.78, 5) is 8.60. The molecule has 0 saturated carbocycles. The van der Waals surface area contributed by atoms with Gasteiger partial charge in [-0.3, -0.25) is 0 Å². The molecule has 2 N–H and O–H groups in total. The second kappa shape index (κ2) is 5.40. The third kappa shape index (κ3) is 5.08. The molecule has 0 unspecified atom stereocenters. The molecule has 1 aromatic rings. The number of aryl methyl sites for hydroxylation is 1. The Morgan fingerprint density at radius 2 is 2.06 bits per heavy atom. The van der Waals surface area contributed by atoms with Gasteiger partial charge >= 0.3 is 6.01 Å². The van der Waals surface area contributed by atoms with Crippen LogP contribution in [0.15, 0.2) is 6.07 Å². The first-order valence-corrected chi connectivity index (χ1v) is 5.97. The number of nitrogens with zero attached hydrogens (tertiary/aromatic N) is 2. The van der Waals surface area contributed by atoms with E-state index in [-0.39, 0.29) is 10.4 Å². The summed E-state index contributed by atoms with van der Waals surface area (Å²) in [5.74, 6) is 0. The molecule has 1 aromatic heterocycles. The molecule has 0 aliphatic rings. The molecule has 0 saturated heterocycles. The second-order valence-corrected chi connectivity index (χ2v) is 5.64. The number of aromatic nitrogens is 2. The van der Waals surface area contributed by atoms with Crippen LogP contribution in [-0.4, -0.2) is 21.6 Å². The summed E-state index contributed by atoms with van der Waals surface area (Å²) in [6, 6.07) is 2.09. The van der Waals surface area contributed by atoms with E-state index in [2.05, 4.69) is 30.7 Å². The minimum atomic E-state index is 0.232. The lowest BCUT2D eigenvalue weighted by Gasteiger charge is -2.17. The van der Waals surface area contributed by atoms with E-state index in [0.29, 0.717) is 18.3 Å². The molecule has 0 spiro atoms. The highest BCUT2D eigenvalue weighted by molar-refractivity contribution is 7.80. The van der Waals surface area contributed by atoms with Crippen LogP contribution in [-0.2, 0) is 0 Å². The topological polar surface area (TPSA) is 61.0 Å². The Morgan fingerprint density at radius 1 is 1.41 bits per heavy atom. The van der Waals surface area contributed by atoms with Gasteiger partial charge in [0, 0.05) is 5.69 Å². The molecule has 0 radical (unpaired) electrons. The molecule has 0 aliphatic carbocycles. The first-order chi connectivity index (χ1) is 7.78. The molecule has 1 heterocycles. The summed E-state index contributed by atoms with van der Waals surface area (Å²) < 4.78 is 5.52. The molecule has 94 valence electrons. The van der Waals surface area contributed by atoms with Crippen molar-refractivity contribution >= 4 is 17.2 Å². The summed E-state index contributed by atoms with van der Waals surface area (Å²) in [5.41, 5.74) is 7.12. The average Bonchev–Trinajstić information content (AvgIpc) is 2.14. The highest BCUT2D eigenvalue weighted by atomic mass is 32.1. The fraction of sp³-hybridized carbons (Fsp3) is 0.583. The van der Waals surface area contributed by atoms with Gasteiger partial charge in [-0.25, -0.2) is 4.98 Å². The normalized spacial score (nSPS) is 11.3. The zero-order valence-corrected chi connectivity index (χ0v) is 11.6. The molecular formula is C12H19N3OS. The lowest BCUT2D eigenvalue weighted by atomic mass is 9.93. The van der Waals surface area contributed by atoms with Crippen molar-refractivity contribution in [3.63, 3.8) is 0 Å². The third-order valence-corrected chi connectivity index (χ3v) is 2.38. The largest absolute Gasteiger partial charge is 0.463 e. The molecule has 0 aromatic carbocycles. The van der Waals surface area contributed by atoms with Crippen molar-refractivity contribution in [2.45, 2.75) is 34.1 Å². The lowest BCUT2D eigenvalue weighted by Crippen LogP contribution is -2.15. The molecular weight excluding hydrogens is 234 g/mol. The number of hydrogen-bond donors (Lipinski definition) is 1. The number of rotatable bonds is 4. The van der Waals surface area contributed by atoms with Gasteiger partial charge in [0.2, 0.25) is 0 Å². The van der Waals surface area contributed by atoms with Crippen molar-refractivity contribution in [1.29, 1.82) is 0 Å². The van der Waals surface area contributed by atoms with Crippen LogP contribution >= 0.6 is 12.2 Å². The van der Waals surface area contributed by atoms with Crippen molar-refractivity contribution in [3.05, 3.63) is 17.5 Å². The molecule has 5 heteroatoms. The Hall–Kier alpha value is -1.23. The van der Waals surface area contributed by atoms with Crippen molar-refractivity contribution < 1.29 is 4.74 Å². The smallest absolute Gasteiger partial charge is 0.317 e. The minimum absolute atomic E-state index is 0.232. The quantitative estimate of drug-likeness (QED) is 0.834. The summed E-state index contributed by atoms with van der Waals surface area (Å²) in [5, 5.41) is 0. The molecule has 1 rings (SSSR count). The van der Waals surface area contributed by atoms with Crippen LogP contribution in [0.2, 0.25) is 0 Å². The molecule has 0 fully saturated rings. The van der Waals surface area contributed by atoms with Gasteiger partial charge in [0.15, 0.2) is 0 Å². The van der Waals surface area contributed by atoms with Crippen LogP contribution in [0, 0.1) is 12.3 Å². The van der Waals surface area contributed by atoms with Crippen LogP contribution in [0.5, 0.6) is 6.01 Å². The van der Waals surface area contributed by atoms with Crippen molar-refractivity contribution in [2.24, 2.45) is 11.1 Å². The molecule has 17 heavy (non-hydrogen) atoms. The maximum atomic E-state index is 5.54. The van der Waals surface area contributed by atoms with Gasteiger partial charge in [-0.1, -0.05) is 33.0 Å². The van der Waals surface area contributed by atoms with Crippen LogP contribution < -0.4 is 10.5 Å². The lowest BCUT2D eigenvalue weighted by molar-refractivity contribution is 0.228.